The first-order valence-electron chi connectivity index (χ1n) is 8.43. The second kappa shape index (κ2) is 7.04. The van der Waals surface area contributed by atoms with Gasteiger partial charge < -0.3 is 5.32 Å². The molecule has 1 atom stereocenters. The molecule has 0 radical (unpaired) electrons. The van der Waals surface area contributed by atoms with Crippen molar-refractivity contribution in [2.75, 3.05) is 19.6 Å². The molecule has 4 nitrogen and oxygen atoms in total. The topological polar surface area (TPSA) is 33.1 Å². The van der Waals surface area contributed by atoms with Crippen LogP contribution >= 0.6 is 12.4 Å². The van der Waals surface area contributed by atoms with E-state index in [0.29, 0.717) is 6.04 Å². The summed E-state index contributed by atoms with van der Waals surface area (Å²) in [5.41, 5.74) is 5.43. The van der Waals surface area contributed by atoms with Crippen molar-refractivity contribution in [3.63, 3.8) is 0 Å². The molecular weight excluding hydrogens is 308 g/mol. The van der Waals surface area contributed by atoms with E-state index in [4.69, 9.17) is 5.10 Å². The van der Waals surface area contributed by atoms with Crippen LogP contribution in [-0.4, -0.2) is 40.4 Å². The SMILES string of the molecule is C[C@@H]1CNCCN1Cc1nn(-c2ccccc2)c2c1CCC2.Cl. The summed E-state index contributed by atoms with van der Waals surface area (Å²) < 4.78 is 2.19. The Labute approximate surface area is 144 Å². The van der Waals surface area contributed by atoms with Gasteiger partial charge in [0.25, 0.3) is 0 Å². The van der Waals surface area contributed by atoms with Crippen molar-refractivity contribution in [1.82, 2.24) is 20.0 Å². The summed E-state index contributed by atoms with van der Waals surface area (Å²) in [5, 5.41) is 8.45. The third-order valence-corrected chi connectivity index (χ3v) is 5.01. The third-order valence-electron chi connectivity index (χ3n) is 5.01. The molecule has 2 aromatic rings. The maximum atomic E-state index is 4.99. The predicted molar refractivity (Wildman–Crippen MR) is 95.6 cm³/mol. The van der Waals surface area contributed by atoms with E-state index in [9.17, 15) is 0 Å². The standard InChI is InChI=1S/C18H24N4.ClH/c1-14-12-19-10-11-21(14)13-17-16-8-5-9-18(16)22(20-17)15-6-3-2-4-7-15;/h2-4,6-7,14,19H,5,8-13H2,1H3;1H/t14-;/m1./s1. The van der Waals surface area contributed by atoms with E-state index in [1.165, 1.54) is 35.5 Å². The van der Waals surface area contributed by atoms with Crippen LogP contribution in [0.25, 0.3) is 5.69 Å². The first-order chi connectivity index (χ1) is 10.8. The van der Waals surface area contributed by atoms with E-state index in [-0.39, 0.29) is 12.4 Å². The number of aromatic nitrogens is 2. The summed E-state index contributed by atoms with van der Waals surface area (Å²) in [6.45, 7) is 6.59. The summed E-state index contributed by atoms with van der Waals surface area (Å²) in [5.74, 6) is 0. The molecule has 1 N–H and O–H groups in total. The second-order valence-electron chi connectivity index (χ2n) is 6.50. The number of nitrogens with one attached hydrogen (secondary N) is 1. The first-order valence-corrected chi connectivity index (χ1v) is 8.43. The van der Waals surface area contributed by atoms with E-state index < -0.39 is 0 Å². The van der Waals surface area contributed by atoms with Gasteiger partial charge in [-0.3, -0.25) is 4.90 Å². The van der Waals surface area contributed by atoms with Crippen LogP contribution in [0.5, 0.6) is 0 Å². The van der Waals surface area contributed by atoms with Crippen LogP contribution in [0.4, 0.5) is 0 Å². The number of halogens is 1. The largest absolute Gasteiger partial charge is 0.314 e. The van der Waals surface area contributed by atoms with Gasteiger partial charge in [-0.05, 0) is 43.9 Å². The van der Waals surface area contributed by atoms with Crippen LogP contribution in [0.15, 0.2) is 30.3 Å². The van der Waals surface area contributed by atoms with Crippen LogP contribution in [0.2, 0.25) is 0 Å². The summed E-state index contributed by atoms with van der Waals surface area (Å²) in [6, 6.07) is 11.2. The zero-order valence-corrected chi connectivity index (χ0v) is 14.5. The lowest BCUT2D eigenvalue weighted by atomic mass is 10.1. The van der Waals surface area contributed by atoms with Crippen molar-refractivity contribution in [3.8, 4) is 5.69 Å². The van der Waals surface area contributed by atoms with E-state index >= 15 is 0 Å². The fourth-order valence-corrected chi connectivity index (χ4v) is 3.73. The van der Waals surface area contributed by atoms with Crippen molar-refractivity contribution < 1.29 is 0 Å². The number of piperazine rings is 1. The van der Waals surface area contributed by atoms with Gasteiger partial charge in [0, 0.05) is 37.9 Å². The number of rotatable bonds is 3. The Morgan fingerprint density at radius 1 is 1.22 bits per heavy atom. The van der Waals surface area contributed by atoms with Gasteiger partial charge in [0.2, 0.25) is 0 Å². The zero-order chi connectivity index (χ0) is 14.9. The molecule has 0 spiro atoms. The molecule has 1 aromatic heterocycles. The van der Waals surface area contributed by atoms with Crippen LogP contribution in [0, 0.1) is 0 Å². The van der Waals surface area contributed by atoms with Crippen LogP contribution in [0.3, 0.4) is 0 Å². The minimum absolute atomic E-state index is 0. The molecule has 2 heterocycles. The fourth-order valence-electron chi connectivity index (χ4n) is 3.73. The molecule has 1 aromatic carbocycles. The fraction of sp³-hybridized carbons (Fsp3) is 0.500. The number of fused-ring (bicyclic) bond motifs is 1. The van der Waals surface area contributed by atoms with Gasteiger partial charge in [-0.15, -0.1) is 12.4 Å². The van der Waals surface area contributed by atoms with E-state index in [1.807, 2.05) is 0 Å². The lowest BCUT2D eigenvalue weighted by molar-refractivity contribution is 0.163. The summed E-state index contributed by atoms with van der Waals surface area (Å²) >= 11 is 0. The Bertz CT molecular complexity index is 653. The van der Waals surface area contributed by atoms with Gasteiger partial charge in [0.1, 0.15) is 0 Å². The van der Waals surface area contributed by atoms with Crippen molar-refractivity contribution >= 4 is 12.4 Å². The van der Waals surface area contributed by atoms with E-state index in [0.717, 1.165) is 32.6 Å². The third kappa shape index (κ3) is 3.16. The Morgan fingerprint density at radius 3 is 2.83 bits per heavy atom. The smallest absolute Gasteiger partial charge is 0.0804 e. The Morgan fingerprint density at radius 2 is 2.04 bits per heavy atom. The number of hydrogen-bond donors (Lipinski definition) is 1. The first kappa shape index (κ1) is 16.5. The second-order valence-corrected chi connectivity index (χ2v) is 6.50. The number of hydrogen-bond acceptors (Lipinski definition) is 3. The molecule has 1 saturated heterocycles. The molecule has 1 fully saturated rings. The highest BCUT2D eigenvalue weighted by atomic mass is 35.5. The monoisotopic (exact) mass is 332 g/mol. The predicted octanol–water partition coefficient (Wildman–Crippen LogP) is 2.58. The lowest BCUT2D eigenvalue weighted by Crippen LogP contribution is -2.49. The molecule has 1 aliphatic heterocycles. The molecular formula is C18H25ClN4. The maximum absolute atomic E-state index is 4.99. The summed E-state index contributed by atoms with van der Waals surface area (Å²) in [7, 11) is 0. The Balaban J connectivity index is 0.00000156. The molecule has 4 rings (SSSR count). The van der Waals surface area contributed by atoms with Gasteiger partial charge in [0.05, 0.1) is 11.4 Å². The number of para-hydroxylation sites is 1. The molecule has 0 bridgehead atoms. The van der Waals surface area contributed by atoms with Gasteiger partial charge in [-0.2, -0.15) is 5.10 Å². The molecule has 124 valence electrons. The van der Waals surface area contributed by atoms with Crippen LogP contribution in [-0.2, 0) is 19.4 Å². The van der Waals surface area contributed by atoms with Gasteiger partial charge in [-0.25, -0.2) is 4.68 Å². The van der Waals surface area contributed by atoms with E-state index in [1.54, 1.807) is 0 Å². The van der Waals surface area contributed by atoms with E-state index in [2.05, 4.69) is 52.2 Å². The molecule has 23 heavy (non-hydrogen) atoms. The minimum atomic E-state index is 0. The Hall–Kier alpha value is -1.36. The maximum Gasteiger partial charge on any atom is 0.0804 e. The average Bonchev–Trinajstić information content (AvgIpc) is 3.14. The molecule has 0 saturated carbocycles. The van der Waals surface area contributed by atoms with Crippen LogP contribution < -0.4 is 5.32 Å². The van der Waals surface area contributed by atoms with Gasteiger partial charge in [-0.1, -0.05) is 18.2 Å². The molecule has 2 aliphatic rings. The molecule has 0 amide bonds. The molecule has 1 aliphatic carbocycles. The lowest BCUT2D eigenvalue weighted by Gasteiger charge is -2.33. The van der Waals surface area contributed by atoms with Crippen molar-refractivity contribution in [2.24, 2.45) is 0 Å². The van der Waals surface area contributed by atoms with Crippen molar-refractivity contribution in [3.05, 3.63) is 47.3 Å². The number of benzene rings is 1. The van der Waals surface area contributed by atoms with Gasteiger partial charge in [0.15, 0.2) is 0 Å². The zero-order valence-electron chi connectivity index (χ0n) is 13.7. The van der Waals surface area contributed by atoms with Crippen LogP contribution in [0.1, 0.15) is 30.3 Å². The normalized spacial score (nSPS) is 21.0. The summed E-state index contributed by atoms with van der Waals surface area (Å²) in [6.07, 6.45) is 3.62. The highest BCUT2D eigenvalue weighted by Crippen LogP contribution is 2.28. The minimum Gasteiger partial charge on any atom is -0.314 e. The van der Waals surface area contributed by atoms with Gasteiger partial charge >= 0.3 is 0 Å². The molecule has 5 heteroatoms. The van der Waals surface area contributed by atoms with Crippen molar-refractivity contribution in [2.45, 2.75) is 38.8 Å². The summed E-state index contributed by atoms with van der Waals surface area (Å²) in [4.78, 5) is 2.56. The Kier molecular flexibility index (Phi) is 5.05. The van der Waals surface area contributed by atoms with Crippen molar-refractivity contribution in [1.29, 1.82) is 0 Å². The highest BCUT2D eigenvalue weighted by Gasteiger charge is 2.26. The quantitative estimate of drug-likeness (QED) is 0.937. The highest BCUT2D eigenvalue weighted by molar-refractivity contribution is 5.85. The average molecular weight is 333 g/mol. The molecule has 0 unspecified atom stereocenters. The number of nitrogens with zero attached hydrogens (tertiary/aromatic N) is 3.